The number of carboxylic acid groups (broad SMARTS) is 3. The van der Waals surface area contributed by atoms with Crippen LogP contribution in [0.2, 0.25) is 0 Å². The van der Waals surface area contributed by atoms with Crippen LogP contribution in [0.15, 0.2) is 12.2 Å². The van der Waals surface area contributed by atoms with Gasteiger partial charge in [0.15, 0.2) is 0 Å². The molecule has 0 radical (unpaired) electrons. The Morgan fingerprint density at radius 2 is 0.968 bits per heavy atom. The lowest BCUT2D eigenvalue weighted by Crippen LogP contribution is -2.51. The van der Waals surface area contributed by atoms with Crippen LogP contribution in [-0.4, -0.2) is 63.9 Å². The van der Waals surface area contributed by atoms with Crippen LogP contribution in [0.4, 0.5) is 0 Å². The number of carbonyl (C=O) groups is 3. The molecule has 0 saturated carbocycles. The van der Waals surface area contributed by atoms with Crippen LogP contribution in [0, 0.1) is 0 Å². The smallest absolute Gasteiger partial charge is 0.303 e. The average molecular weight is 443 g/mol. The van der Waals surface area contributed by atoms with Gasteiger partial charge in [0.1, 0.15) is 0 Å². The Labute approximate surface area is 187 Å². The molecule has 0 fully saturated rings. The molecule has 0 atom stereocenters. The van der Waals surface area contributed by atoms with E-state index in [1.807, 2.05) is 0 Å². The summed E-state index contributed by atoms with van der Waals surface area (Å²) in [4.78, 5) is 32.9. The molecule has 0 amide bonds. The highest BCUT2D eigenvalue weighted by Gasteiger charge is 2.27. The first-order valence-corrected chi connectivity index (χ1v) is 12.0. The number of nitrogens with zero attached hydrogens (tertiary/aromatic N) is 1. The first kappa shape index (κ1) is 29.1. The Hall–Kier alpha value is -1.89. The minimum atomic E-state index is -0.835. The van der Waals surface area contributed by atoms with Gasteiger partial charge in [-0.2, -0.15) is 0 Å². The molecule has 0 spiro atoms. The number of quaternary nitrogens is 1. The molecule has 7 heteroatoms. The Morgan fingerprint density at radius 3 is 1.35 bits per heavy atom. The third-order valence-electron chi connectivity index (χ3n) is 5.71. The zero-order valence-electron chi connectivity index (χ0n) is 19.4. The minimum absolute atomic E-state index is 0.0820. The fraction of sp³-hybridized carbons (Fsp3) is 0.792. The summed E-state index contributed by atoms with van der Waals surface area (Å²) in [6, 6.07) is 0. The fourth-order valence-electron chi connectivity index (χ4n) is 4.00. The number of aliphatic carboxylic acids is 3. The summed E-state index contributed by atoms with van der Waals surface area (Å²) >= 11 is 0. The van der Waals surface area contributed by atoms with Gasteiger partial charge in [-0.1, -0.05) is 38.3 Å². The molecule has 0 aliphatic carbocycles. The van der Waals surface area contributed by atoms with Crippen molar-refractivity contribution in [3.05, 3.63) is 12.2 Å². The Morgan fingerprint density at radius 1 is 0.581 bits per heavy atom. The molecule has 31 heavy (non-hydrogen) atoms. The van der Waals surface area contributed by atoms with Gasteiger partial charge in [0, 0.05) is 19.3 Å². The van der Waals surface area contributed by atoms with E-state index in [4.69, 9.17) is 15.3 Å². The van der Waals surface area contributed by atoms with Crippen LogP contribution in [0.3, 0.4) is 0 Å². The fourth-order valence-corrected chi connectivity index (χ4v) is 4.00. The molecule has 0 bridgehead atoms. The van der Waals surface area contributed by atoms with Crippen molar-refractivity contribution in [2.24, 2.45) is 0 Å². The van der Waals surface area contributed by atoms with E-state index in [1.165, 1.54) is 25.7 Å². The van der Waals surface area contributed by atoms with E-state index in [0.717, 1.165) is 32.2 Å². The zero-order chi connectivity index (χ0) is 23.4. The first-order valence-electron chi connectivity index (χ1n) is 12.0. The van der Waals surface area contributed by atoms with E-state index >= 15 is 0 Å². The molecule has 0 aliphatic heterocycles. The predicted octanol–water partition coefficient (Wildman–Crippen LogP) is 5.09. The van der Waals surface area contributed by atoms with E-state index in [1.54, 1.807) is 0 Å². The summed E-state index contributed by atoms with van der Waals surface area (Å²) in [5.74, 6) is -2.50. The van der Waals surface area contributed by atoms with Crippen molar-refractivity contribution in [1.29, 1.82) is 0 Å². The number of unbranched alkanes of at least 4 members (excludes halogenated alkanes) is 6. The van der Waals surface area contributed by atoms with Crippen molar-refractivity contribution in [2.75, 3.05) is 26.2 Å². The second-order valence-corrected chi connectivity index (χ2v) is 8.54. The van der Waals surface area contributed by atoms with Crippen LogP contribution in [-0.2, 0) is 14.4 Å². The largest absolute Gasteiger partial charge is 0.481 e. The van der Waals surface area contributed by atoms with Crippen molar-refractivity contribution in [1.82, 2.24) is 0 Å². The van der Waals surface area contributed by atoms with Crippen LogP contribution in [0.1, 0.15) is 96.8 Å². The van der Waals surface area contributed by atoms with E-state index in [2.05, 4.69) is 19.1 Å². The van der Waals surface area contributed by atoms with Gasteiger partial charge in [-0.05, 0) is 32.1 Å². The summed E-state index contributed by atoms with van der Waals surface area (Å²) in [6.07, 6.45) is 15.5. The molecule has 180 valence electrons. The molecule has 0 aromatic rings. The maximum Gasteiger partial charge on any atom is 0.303 e. The predicted molar refractivity (Wildman–Crippen MR) is 122 cm³/mol. The lowest BCUT2D eigenvalue weighted by molar-refractivity contribution is -0.929. The highest BCUT2D eigenvalue weighted by atomic mass is 16.4. The third kappa shape index (κ3) is 18.6. The third-order valence-corrected chi connectivity index (χ3v) is 5.71. The minimum Gasteiger partial charge on any atom is -0.481 e. The van der Waals surface area contributed by atoms with Gasteiger partial charge in [0.2, 0.25) is 0 Å². The maximum atomic E-state index is 11.0. The van der Waals surface area contributed by atoms with Crippen LogP contribution < -0.4 is 0 Å². The molecule has 0 rings (SSSR count). The second-order valence-electron chi connectivity index (χ2n) is 8.54. The average Bonchev–Trinajstić information content (AvgIpc) is 2.68. The Bertz CT molecular complexity index is 482. The highest BCUT2D eigenvalue weighted by molar-refractivity contribution is 5.67. The Balaban J connectivity index is 4.71. The highest BCUT2D eigenvalue weighted by Crippen LogP contribution is 2.18. The quantitative estimate of drug-likeness (QED) is 0.122. The van der Waals surface area contributed by atoms with Crippen molar-refractivity contribution in [2.45, 2.75) is 96.8 Å². The van der Waals surface area contributed by atoms with Gasteiger partial charge >= 0.3 is 17.9 Å². The van der Waals surface area contributed by atoms with Gasteiger partial charge in [-0.3, -0.25) is 14.4 Å². The van der Waals surface area contributed by atoms with E-state index in [-0.39, 0.29) is 19.3 Å². The van der Waals surface area contributed by atoms with Gasteiger partial charge < -0.3 is 19.8 Å². The number of allylic oxidation sites excluding steroid dienone is 2. The van der Waals surface area contributed by atoms with Crippen molar-refractivity contribution < 1.29 is 34.2 Å². The SMILES string of the molecule is CCCCCC/C=C/CCCC[N+](CCCC(=O)O)(CCCC(=O)O)CCCC(=O)O. The van der Waals surface area contributed by atoms with E-state index < -0.39 is 17.9 Å². The van der Waals surface area contributed by atoms with Crippen molar-refractivity contribution in [3.8, 4) is 0 Å². The van der Waals surface area contributed by atoms with Crippen LogP contribution >= 0.6 is 0 Å². The number of hydrogen-bond donors (Lipinski definition) is 3. The first-order chi connectivity index (χ1) is 14.8. The second kappa shape index (κ2) is 18.8. The van der Waals surface area contributed by atoms with Gasteiger partial charge in [0.25, 0.3) is 0 Å². The summed E-state index contributed by atoms with van der Waals surface area (Å²) in [7, 11) is 0. The molecule has 3 N–H and O–H groups in total. The number of hydrogen-bond acceptors (Lipinski definition) is 3. The van der Waals surface area contributed by atoms with Crippen molar-refractivity contribution in [3.63, 3.8) is 0 Å². The molecule has 7 nitrogen and oxygen atoms in total. The number of carboxylic acids is 3. The Kier molecular flexibility index (Phi) is 17.7. The molecule has 0 unspecified atom stereocenters. The molecular weight excluding hydrogens is 398 g/mol. The van der Waals surface area contributed by atoms with Crippen LogP contribution in [0.5, 0.6) is 0 Å². The monoisotopic (exact) mass is 442 g/mol. The van der Waals surface area contributed by atoms with E-state index in [0.29, 0.717) is 43.4 Å². The van der Waals surface area contributed by atoms with Crippen molar-refractivity contribution >= 4 is 17.9 Å². The summed E-state index contributed by atoms with van der Waals surface area (Å²) in [5, 5.41) is 27.0. The molecule has 0 aromatic heterocycles. The standard InChI is InChI=1S/C24H43NO6/c1-2-3-4-5-6-7-8-9-10-11-18-25(19-12-15-22(26)27,20-13-16-23(28)29)21-14-17-24(30)31/h7-8H,2-6,9-21H2,1H3,(H2-,26,27,28,29,30,31)/p+1/b8-7+. The topological polar surface area (TPSA) is 112 Å². The zero-order valence-corrected chi connectivity index (χ0v) is 19.4. The summed E-state index contributed by atoms with van der Waals surface area (Å²) in [5.41, 5.74) is 0. The van der Waals surface area contributed by atoms with Crippen LogP contribution in [0.25, 0.3) is 0 Å². The molecule has 0 aromatic carbocycles. The van der Waals surface area contributed by atoms with E-state index in [9.17, 15) is 14.4 Å². The maximum absolute atomic E-state index is 11.0. The van der Waals surface area contributed by atoms with Gasteiger partial charge in [-0.25, -0.2) is 0 Å². The summed E-state index contributed by atoms with van der Waals surface area (Å²) in [6.45, 7) is 5.00. The molecule has 0 heterocycles. The normalized spacial score (nSPS) is 11.8. The lowest BCUT2D eigenvalue weighted by atomic mass is 10.1. The lowest BCUT2D eigenvalue weighted by Gasteiger charge is -2.39. The van der Waals surface area contributed by atoms with Gasteiger partial charge in [-0.15, -0.1) is 0 Å². The molecular formula is C24H44NO6+. The number of rotatable bonds is 22. The summed E-state index contributed by atoms with van der Waals surface area (Å²) < 4.78 is 0.620. The van der Waals surface area contributed by atoms with Gasteiger partial charge in [0.05, 0.1) is 45.4 Å². The molecule has 0 saturated heterocycles. The molecule has 0 aliphatic rings.